The van der Waals surface area contributed by atoms with Gasteiger partial charge in [-0.15, -0.1) is 0 Å². The van der Waals surface area contributed by atoms with Gasteiger partial charge in [-0.1, -0.05) is 6.55 Å². The quantitative estimate of drug-likeness (QED) is 0.388. The second kappa shape index (κ2) is 4.39. The predicted molar refractivity (Wildman–Crippen MR) is 30.3 cm³/mol. The molecule has 5 heavy (non-hydrogen) atoms. The van der Waals surface area contributed by atoms with Crippen LogP contribution in [0.1, 0.15) is 0 Å². The van der Waals surface area contributed by atoms with Crippen LogP contribution < -0.4 is 0 Å². The van der Waals surface area contributed by atoms with Crippen LogP contribution in [0, 0.1) is 0 Å². The third-order valence-electron chi connectivity index (χ3n) is 0.408. The minimum atomic E-state index is -0.0513. The maximum absolute atomic E-state index is 5.03. The van der Waals surface area contributed by atoms with Crippen molar-refractivity contribution in [2.45, 2.75) is 6.55 Å². The lowest BCUT2D eigenvalue weighted by molar-refractivity contribution is 0.416. The molecular weight excluding hydrogens is 96.2 g/mol. The fraction of sp³-hybridized carbons (Fsp3) is 1.00. The average Bonchev–Trinajstić information content (AvgIpc) is 1.41. The monoisotopic (exact) mass is 106 g/mol. The van der Waals surface area contributed by atoms with Gasteiger partial charge in [0.05, 0.1) is 0 Å². The molecule has 0 saturated heterocycles. The predicted octanol–water partition coefficient (Wildman–Crippen LogP) is -1.54. The van der Waals surface area contributed by atoms with Crippen molar-refractivity contribution in [3.05, 3.63) is 0 Å². The summed E-state index contributed by atoms with van der Waals surface area (Å²) in [5, 5.41) is 0. The molecule has 0 radical (unpaired) electrons. The molecule has 0 saturated carbocycles. The van der Waals surface area contributed by atoms with E-state index >= 15 is 0 Å². The molecule has 0 aromatic rings. The van der Waals surface area contributed by atoms with Crippen LogP contribution in [-0.2, 0) is 4.43 Å². The van der Waals surface area contributed by atoms with Crippen LogP contribution in [-0.4, -0.2) is 26.2 Å². The van der Waals surface area contributed by atoms with Crippen molar-refractivity contribution >= 4 is 20.0 Å². The van der Waals surface area contributed by atoms with Crippen LogP contribution >= 0.6 is 0 Å². The lowest BCUT2D eigenvalue weighted by atomic mass is 11.7. The summed E-state index contributed by atoms with van der Waals surface area (Å²) in [5.41, 5.74) is 0. The zero-order valence-corrected chi connectivity index (χ0v) is 7.24. The Morgan fingerprint density at radius 2 is 2.60 bits per heavy atom. The van der Waals surface area contributed by atoms with E-state index in [4.69, 9.17) is 4.43 Å². The fourth-order valence-electron chi connectivity index (χ4n) is 0.204. The van der Waals surface area contributed by atoms with Gasteiger partial charge in [0, 0.05) is 16.5 Å². The van der Waals surface area contributed by atoms with Gasteiger partial charge in [-0.2, -0.15) is 0 Å². The molecule has 0 fully saturated rings. The molecule has 0 bridgehead atoms. The van der Waals surface area contributed by atoms with Crippen molar-refractivity contribution in [2.24, 2.45) is 0 Å². The summed E-state index contributed by atoms with van der Waals surface area (Å²) in [4.78, 5) is 0. The SMILES string of the molecule is C[SiH2]OC[SiH3]. The Balaban J connectivity index is 2.19. The fourth-order valence-corrected chi connectivity index (χ4v) is 1.84. The largest absolute Gasteiger partial charge is 0.428 e. The molecule has 1 nitrogen and oxygen atoms in total. The number of rotatable bonds is 2. The molecule has 0 N–H and O–H groups in total. The molecular formula is C2H10OSi2. The zero-order chi connectivity index (χ0) is 4.12. The number of hydrogen-bond donors (Lipinski definition) is 0. The maximum atomic E-state index is 5.03. The maximum Gasteiger partial charge on any atom is 0.157 e. The minimum absolute atomic E-state index is 0.0513. The summed E-state index contributed by atoms with van der Waals surface area (Å²) in [7, 11) is 1.16. The Morgan fingerprint density at radius 3 is 2.60 bits per heavy atom. The lowest BCUT2D eigenvalue weighted by Gasteiger charge is -1.86. The highest BCUT2D eigenvalue weighted by molar-refractivity contribution is 6.26. The molecule has 3 heteroatoms. The highest BCUT2D eigenvalue weighted by Crippen LogP contribution is 1.56. The lowest BCUT2D eigenvalue weighted by Crippen LogP contribution is -1.93. The molecule has 32 valence electrons. The highest BCUT2D eigenvalue weighted by Gasteiger charge is 1.65. The normalized spacial score (nSPS) is 11.4. The topological polar surface area (TPSA) is 9.23 Å². The Morgan fingerprint density at radius 1 is 2.00 bits per heavy atom. The van der Waals surface area contributed by atoms with Crippen molar-refractivity contribution in [3.8, 4) is 0 Å². The van der Waals surface area contributed by atoms with Crippen molar-refractivity contribution < 1.29 is 4.43 Å². The molecule has 0 aliphatic heterocycles. The summed E-state index contributed by atoms with van der Waals surface area (Å²) < 4.78 is 5.03. The van der Waals surface area contributed by atoms with E-state index in [0.717, 1.165) is 6.23 Å². The van der Waals surface area contributed by atoms with Gasteiger partial charge in [0.2, 0.25) is 0 Å². The second-order valence-electron chi connectivity index (χ2n) is 0.781. The van der Waals surface area contributed by atoms with Crippen LogP contribution in [0.3, 0.4) is 0 Å². The smallest absolute Gasteiger partial charge is 0.157 e. The van der Waals surface area contributed by atoms with Gasteiger partial charge in [0.1, 0.15) is 0 Å². The first-order valence-corrected chi connectivity index (χ1v) is 5.40. The Bertz CT molecular complexity index is 15.1. The van der Waals surface area contributed by atoms with Crippen LogP contribution in [0.15, 0.2) is 0 Å². The molecule has 0 aromatic carbocycles. The van der Waals surface area contributed by atoms with Gasteiger partial charge >= 0.3 is 0 Å². The molecule has 0 spiro atoms. The van der Waals surface area contributed by atoms with Gasteiger partial charge < -0.3 is 4.43 Å². The standard InChI is InChI=1S/C2H10OSi2/c1-5-3-2-4/h2,5H2,1,4H3. The molecule has 0 aliphatic rings. The zero-order valence-electron chi connectivity index (χ0n) is 3.82. The summed E-state index contributed by atoms with van der Waals surface area (Å²) in [5.74, 6) is 0. The third-order valence-corrected chi connectivity index (χ3v) is 2.45. The van der Waals surface area contributed by atoms with Gasteiger partial charge in [-0.05, 0) is 0 Å². The minimum Gasteiger partial charge on any atom is -0.428 e. The van der Waals surface area contributed by atoms with Crippen LogP contribution in [0.2, 0.25) is 6.55 Å². The first-order valence-electron chi connectivity index (χ1n) is 1.99. The summed E-state index contributed by atoms with van der Waals surface area (Å²) in [6.07, 6.45) is 1.04. The second-order valence-corrected chi connectivity index (χ2v) is 2.34. The Labute approximate surface area is 38.1 Å². The van der Waals surface area contributed by atoms with Crippen molar-refractivity contribution in [2.75, 3.05) is 6.23 Å². The van der Waals surface area contributed by atoms with Gasteiger partial charge in [0.25, 0.3) is 0 Å². The first kappa shape index (κ1) is 5.39. The number of hydrogen-bond acceptors (Lipinski definition) is 1. The van der Waals surface area contributed by atoms with Crippen LogP contribution in [0.25, 0.3) is 0 Å². The first-order chi connectivity index (χ1) is 2.41. The van der Waals surface area contributed by atoms with E-state index in [2.05, 4.69) is 6.55 Å². The molecule has 0 unspecified atom stereocenters. The third kappa shape index (κ3) is 4.39. The van der Waals surface area contributed by atoms with E-state index in [-0.39, 0.29) is 9.76 Å². The van der Waals surface area contributed by atoms with Crippen LogP contribution in [0.5, 0.6) is 0 Å². The summed E-state index contributed by atoms with van der Waals surface area (Å²) in [6, 6.07) is 0. The van der Waals surface area contributed by atoms with E-state index in [9.17, 15) is 0 Å². The molecule has 0 amide bonds. The van der Waals surface area contributed by atoms with Gasteiger partial charge in [0.15, 0.2) is 9.76 Å². The van der Waals surface area contributed by atoms with Gasteiger partial charge in [-0.3, -0.25) is 0 Å². The van der Waals surface area contributed by atoms with Crippen molar-refractivity contribution in [1.29, 1.82) is 0 Å². The summed E-state index contributed by atoms with van der Waals surface area (Å²) >= 11 is 0. The Kier molecular flexibility index (Phi) is 4.74. The summed E-state index contributed by atoms with van der Waals surface area (Å²) in [6.45, 7) is 2.15. The molecule has 0 atom stereocenters. The Hall–Kier alpha value is 0.394. The van der Waals surface area contributed by atoms with E-state index in [1.807, 2.05) is 0 Å². The van der Waals surface area contributed by atoms with Crippen molar-refractivity contribution in [1.82, 2.24) is 0 Å². The van der Waals surface area contributed by atoms with Crippen LogP contribution in [0.4, 0.5) is 0 Å². The average molecular weight is 106 g/mol. The van der Waals surface area contributed by atoms with E-state index < -0.39 is 0 Å². The molecule has 0 aliphatic carbocycles. The van der Waals surface area contributed by atoms with E-state index in [1.165, 1.54) is 10.2 Å². The molecule has 0 rings (SSSR count). The van der Waals surface area contributed by atoms with E-state index in [0.29, 0.717) is 0 Å². The highest BCUT2D eigenvalue weighted by atomic mass is 28.2. The van der Waals surface area contributed by atoms with Crippen molar-refractivity contribution in [3.63, 3.8) is 0 Å². The van der Waals surface area contributed by atoms with E-state index in [1.54, 1.807) is 0 Å². The molecule has 0 heterocycles. The van der Waals surface area contributed by atoms with Gasteiger partial charge in [-0.25, -0.2) is 0 Å². The molecule has 0 aromatic heterocycles.